The summed E-state index contributed by atoms with van der Waals surface area (Å²) in [5.74, 6) is -0.209. The third kappa shape index (κ3) is 2.94. The molecule has 0 aliphatic rings. The van der Waals surface area contributed by atoms with E-state index in [1.165, 1.54) is 0 Å². The van der Waals surface area contributed by atoms with Crippen molar-refractivity contribution in [3.63, 3.8) is 0 Å². The van der Waals surface area contributed by atoms with Gasteiger partial charge in [0.1, 0.15) is 0 Å². The van der Waals surface area contributed by atoms with Crippen LogP contribution < -0.4 is 5.32 Å². The molecule has 0 unspecified atom stereocenters. The molecule has 0 saturated carbocycles. The Hall–Kier alpha value is -2.40. The van der Waals surface area contributed by atoms with Crippen LogP contribution in [0.25, 0.3) is 10.9 Å². The number of carbonyl (C=O) groups is 1. The standard InChI is InChI=1S/C16H15ClN4O/c1-2-12-8-13(21-20-12)9-19-16(22)14-7-11(17)6-10-4-3-5-18-15(10)14/h3-8H,2,9H2,1H3,(H,19,22)(H,20,21). The van der Waals surface area contributed by atoms with Crippen molar-refractivity contribution in [2.75, 3.05) is 0 Å². The van der Waals surface area contributed by atoms with Gasteiger partial charge in [-0.25, -0.2) is 0 Å². The molecule has 3 rings (SSSR count). The number of nitrogens with one attached hydrogen (secondary N) is 2. The minimum Gasteiger partial charge on any atom is -0.346 e. The fourth-order valence-electron chi connectivity index (χ4n) is 2.28. The van der Waals surface area contributed by atoms with Crippen LogP contribution in [0.1, 0.15) is 28.7 Å². The van der Waals surface area contributed by atoms with Crippen molar-refractivity contribution in [1.29, 1.82) is 0 Å². The Morgan fingerprint density at radius 2 is 2.23 bits per heavy atom. The second-order valence-corrected chi connectivity index (χ2v) is 5.39. The zero-order valence-electron chi connectivity index (χ0n) is 12.1. The van der Waals surface area contributed by atoms with Gasteiger partial charge in [-0.3, -0.25) is 14.9 Å². The summed E-state index contributed by atoms with van der Waals surface area (Å²) < 4.78 is 0. The largest absolute Gasteiger partial charge is 0.346 e. The number of halogens is 1. The van der Waals surface area contributed by atoms with Crippen LogP contribution in [0.4, 0.5) is 0 Å². The number of aromatic amines is 1. The van der Waals surface area contributed by atoms with E-state index < -0.39 is 0 Å². The van der Waals surface area contributed by atoms with Gasteiger partial charge in [0.05, 0.1) is 29.0 Å². The summed E-state index contributed by atoms with van der Waals surface area (Å²) in [6, 6.07) is 9.07. The number of fused-ring (bicyclic) bond motifs is 1. The summed E-state index contributed by atoms with van der Waals surface area (Å²) >= 11 is 6.08. The van der Waals surface area contributed by atoms with Crippen LogP contribution in [0.2, 0.25) is 5.02 Å². The van der Waals surface area contributed by atoms with Gasteiger partial charge in [0.15, 0.2) is 0 Å². The Labute approximate surface area is 132 Å². The predicted octanol–water partition coefficient (Wildman–Crippen LogP) is 3.10. The van der Waals surface area contributed by atoms with Crippen molar-refractivity contribution < 1.29 is 4.79 Å². The lowest BCUT2D eigenvalue weighted by atomic mass is 10.1. The number of aryl methyl sites for hydroxylation is 1. The highest BCUT2D eigenvalue weighted by Crippen LogP contribution is 2.22. The minimum absolute atomic E-state index is 0.209. The highest BCUT2D eigenvalue weighted by molar-refractivity contribution is 6.32. The number of hydrogen-bond acceptors (Lipinski definition) is 3. The van der Waals surface area contributed by atoms with E-state index in [1.54, 1.807) is 18.3 Å². The first-order chi connectivity index (χ1) is 10.7. The van der Waals surface area contributed by atoms with E-state index in [0.29, 0.717) is 22.6 Å². The molecule has 0 saturated heterocycles. The van der Waals surface area contributed by atoms with Crippen LogP contribution in [0.3, 0.4) is 0 Å². The highest BCUT2D eigenvalue weighted by Gasteiger charge is 2.12. The van der Waals surface area contributed by atoms with E-state index in [1.807, 2.05) is 25.1 Å². The molecule has 22 heavy (non-hydrogen) atoms. The highest BCUT2D eigenvalue weighted by atomic mass is 35.5. The van der Waals surface area contributed by atoms with Gasteiger partial charge in [-0.15, -0.1) is 0 Å². The number of aromatic nitrogens is 3. The molecule has 3 aromatic rings. The summed E-state index contributed by atoms with van der Waals surface area (Å²) in [5.41, 5.74) is 2.95. The van der Waals surface area contributed by atoms with Gasteiger partial charge in [0, 0.05) is 16.6 Å². The average molecular weight is 315 g/mol. The predicted molar refractivity (Wildman–Crippen MR) is 85.9 cm³/mol. The quantitative estimate of drug-likeness (QED) is 0.777. The lowest BCUT2D eigenvalue weighted by molar-refractivity contribution is 0.0952. The van der Waals surface area contributed by atoms with Crippen LogP contribution in [0.15, 0.2) is 36.5 Å². The second kappa shape index (κ2) is 6.15. The third-order valence-corrected chi connectivity index (χ3v) is 3.62. The summed E-state index contributed by atoms with van der Waals surface area (Å²) in [4.78, 5) is 16.7. The molecule has 112 valence electrons. The van der Waals surface area contributed by atoms with E-state index in [-0.39, 0.29) is 5.91 Å². The SMILES string of the molecule is CCc1cc(CNC(=O)c2cc(Cl)cc3cccnc23)[nH]n1. The molecule has 0 bridgehead atoms. The summed E-state index contributed by atoms with van der Waals surface area (Å²) in [7, 11) is 0. The van der Waals surface area contributed by atoms with E-state index in [4.69, 9.17) is 11.6 Å². The maximum Gasteiger partial charge on any atom is 0.253 e. The van der Waals surface area contributed by atoms with Gasteiger partial charge in [0.2, 0.25) is 0 Å². The van der Waals surface area contributed by atoms with Crippen LogP contribution >= 0.6 is 11.6 Å². The molecule has 0 atom stereocenters. The Balaban J connectivity index is 1.83. The lowest BCUT2D eigenvalue weighted by Crippen LogP contribution is -2.23. The molecule has 1 amide bonds. The van der Waals surface area contributed by atoms with Crippen molar-refractivity contribution in [2.24, 2.45) is 0 Å². The first-order valence-electron chi connectivity index (χ1n) is 7.03. The van der Waals surface area contributed by atoms with Crippen LogP contribution in [0, 0.1) is 0 Å². The zero-order valence-corrected chi connectivity index (χ0v) is 12.8. The monoisotopic (exact) mass is 314 g/mol. The van der Waals surface area contributed by atoms with Gasteiger partial charge in [0.25, 0.3) is 5.91 Å². The molecule has 2 heterocycles. The minimum atomic E-state index is -0.209. The van der Waals surface area contributed by atoms with Gasteiger partial charge in [-0.2, -0.15) is 5.10 Å². The number of amides is 1. The van der Waals surface area contributed by atoms with Gasteiger partial charge in [-0.1, -0.05) is 24.6 Å². The number of benzene rings is 1. The molecule has 0 spiro atoms. The van der Waals surface area contributed by atoms with Gasteiger partial charge < -0.3 is 5.32 Å². The van der Waals surface area contributed by atoms with Crippen molar-refractivity contribution in [3.8, 4) is 0 Å². The first kappa shape index (κ1) is 14.5. The van der Waals surface area contributed by atoms with Crippen LogP contribution in [-0.4, -0.2) is 21.1 Å². The smallest absolute Gasteiger partial charge is 0.253 e. The molecule has 5 nitrogen and oxygen atoms in total. The van der Waals surface area contributed by atoms with Crippen LogP contribution in [0.5, 0.6) is 0 Å². The average Bonchev–Trinajstić information content (AvgIpc) is 2.99. The zero-order chi connectivity index (χ0) is 15.5. The Kier molecular flexibility index (Phi) is 4.06. The maximum atomic E-state index is 12.4. The molecule has 0 aliphatic heterocycles. The number of H-pyrrole nitrogens is 1. The molecule has 1 aromatic carbocycles. The fraction of sp³-hybridized carbons (Fsp3) is 0.188. The summed E-state index contributed by atoms with van der Waals surface area (Å²) in [6.45, 7) is 2.41. The summed E-state index contributed by atoms with van der Waals surface area (Å²) in [6.07, 6.45) is 2.52. The number of hydrogen-bond donors (Lipinski definition) is 2. The van der Waals surface area contributed by atoms with Crippen LogP contribution in [-0.2, 0) is 13.0 Å². The fourth-order valence-corrected chi connectivity index (χ4v) is 2.51. The van der Waals surface area contributed by atoms with Crippen molar-refractivity contribution in [1.82, 2.24) is 20.5 Å². The number of rotatable bonds is 4. The number of nitrogens with zero attached hydrogens (tertiary/aromatic N) is 2. The Bertz CT molecular complexity index is 828. The van der Waals surface area contributed by atoms with E-state index in [9.17, 15) is 4.79 Å². The van der Waals surface area contributed by atoms with E-state index >= 15 is 0 Å². The molecule has 0 aliphatic carbocycles. The maximum absolute atomic E-state index is 12.4. The summed E-state index contributed by atoms with van der Waals surface area (Å²) in [5, 5.41) is 11.3. The Morgan fingerprint density at radius 1 is 1.36 bits per heavy atom. The third-order valence-electron chi connectivity index (χ3n) is 3.40. The molecule has 2 aromatic heterocycles. The normalized spacial score (nSPS) is 10.8. The molecule has 0 radical (unpaired) electrons. The van der Waals surface area contributed by atoms with Crippen molar-refractivity contribution in [2.45, 2.75) is 19.9 Å². The van der Waals surface area contributed by atoms with Gasteiger partial charge in [-0.05, 0) is 30.7 Å². The van der Waals surface area contributed by atoms with Gasteiger partial charge >= 0.3 is 0 Å². The topological polar surface area (TPSA) is 70.7 Å². The molecular weight excluding hydrogens is 300 g/mol. The Morgan fingerprint density at radius 3 is 3.00 bits per heavy atom. The first-order valence-corrected chi connectivity index (χ1v) is 7.41. The van der Waals surface area contributed by atoms with E-state index in [2.05, 4.69) is 20.5 Å². The van der Waals surface area contributed by atoms with Crippen molar-refractivity contribution in [3.05, 3.63) is 58.5 Å². The molecule has 2 N–H and O–H groups in total. The molecular formula is C16H15ClN4O. The van der Waals surface area contributed by atoms with Crippen molar-refractivity contribution >= 4 is 28.4 Å². The number of pyridine rings is 1. The molecule has 6 heteroatoms. The van der Waals surface area contributed by atoms with E-state index in [0.717, 1.165) is 23.2 Å². The number of carbonyl (C=O) groups excluding carboxylic acids is 1. The lowest BCUT2D eigenvalue weighted by Gasteiger charge is -2.07. The second-order valence-electron chi connectivity index (χ2n) is 4.95. The molecule has 0 fully saturated rings.